The third kappa shape index (κ3) is 5.32. The maximum absolute atomic E-state index is 12.5. The molecule has 1 unspecified atom stereocenters. The van der Waals surface area contributed by atoms with Crippen molar-refractivity contribution in [3.8, 4) is 5.75 Å². The number of amides is 1. The molecule has 0 bridgehead atoms. The van der Waals surface area contributed by atoms with Gasteiger partial charge in [0.05, 0.1) is 13.0 Å². The van der Waals surface area contributed by atoms with E-state index >= 15 is 0 Å². The normalized spacial score (nSPS) is 11.9. The first kappa shape index (κ1) is 22.5. The number of esters is 1. The summed E-state index contributed by atoms with van der Waals surface area (Å²) in [7, 11) is 0. The number of thioether (sulfide) groups is 1. The fourth-order valence-electron chi connectivity index (χ4n) is 3.01. The Bertz CT molecular complexity index is 1100. The molecule has 0 aliphatic carbocycles. The lowest BCUT2D eigenvalue weighted by Gasteiger charge is -2.15. The number of aryl methyl sites for hydroxylation is 2. The Kier molecular flexibility index (Phi) is 7.11. The van der Waals surface area contributed by atoms with Gasteiger partial charge in [-0.3, -0.25) is 9.59 Å². The molecule has 10 heteroatoms. The first-order valence-corrected chi connectivity index (χ1v) is 11.0. The van der Waals surface area contributed by atoms with E-state index in [0.29, 0.717) is 40.2 Å². The van der Waals surface area contributed by atoms with Gasteiger partial charge in [0.1, 0.15) is 5.75 Å². The standard InChI is InChI=1S/C21H25N5O4S/c1-6-29-16-9-7-15(8-10-16)23-19(28)14(4)30-18(27)11-17-12(2)22-20-24-21(31-5)25-26(20)13(17)3/h7-10,14H,6,11H2,1-5H3,(H,23,28). The Morgan fingerprint density at radius 1 is 1.19 bits per heavy atom. The smallest absolute Gasteiger partial charge is 0.311 e. The van der Waals surface area contributed by atoms with Gasteiger partial charge < -0.3 is 14.8 Å². The van der Waals surface area contributed by atoms with Gasteiger partial charge >= 0.3 is 5.97 Å². The summed E-state index contributed by atoms with van der Waals surface area (Å²) in [6.07, 6.45) is 0.913. The number of ether oxygens (including phenoxy) is 2. The topological polar surface area (TPSA) is 108 Å². The van der Waals surface area contributed by atoms with Crippen LogP contribution in [-0.2, 0) is 20.7 Å². The number of nitrogens with zero attached hydrogens (tertiary/aromatic N) is 4. The number of carbonyl (C=O) groups excluding carboxylic acids is 2. The molecule has 1 aromatic carbocycles. The van der Waals surface area contributed by atoms with E-state index in [4.69, 9.17) is 9.47 Å². The summed E-state index contributed by atoms with van der Waals surface area (Å²) in [6, 6.07) is 6.98. The van der Waals surface area contributed by atoms with Crippen molar-refractivity contribution in [2.24, 2.45) is 0 Å². The van der Waals surface area contributed by atoms with E-state index < -0.39 is 18.0 Å². The summed E-state index contributed by atoms with van der Waals surface area (Å²) in [5.41, 5.74) is 2.73. The fourth-order valence-corrected chi connectivity index (χ4v) is 3.35. The number of hydrogen-bond donors (Lipinski definition) is 1. The summed E-state index contributed by atoms with van der Waals surface area (Å²) >= 11 is 1.42. The fraction of sp³-hybridized carbons (Fsp3) is 0.381. The van der Waals surface area contributed by atoms with Crippen LogP contribution in [0.15, 0.2) is 29.4 Å². The summed E-state index contributed by atoms with van der Waals surface area (Å²) in [5.74, 6) is 0.264. The number of fused-ring (bicyclic) bond motifs is 1. The Labute approximate surface area is 184 Å². The lowest BCUT2D eigenvalue weighted by atomic mass is 10.1. The highest BCUT2D eigenvalue weighted by molar-refractivity contribution is 7.98. The quantitative estimate of drug-likeness (QED) is 0.418. The lowest BCUT2D eigenvalue weighted by molar-refractivity contribution is -0.152. The molecule has 164 valence electrons. The minimum atomic E-state index is -0.953. The van der Waals surface area contributed by atoms with E-state index in [1.165, 1.54) is 18.7 Å². The van der Waals surface area contributed by atoms with E-state index in [0.717, 1.165) is 5.69 Å². The Morgan fingerprint density at radius 2 is 1.90 bits per heavy atom. The minimum absolute atomic E-state index is 0.0181. The highest BCUT2D eigenvalue weighted by atomic mass is 32.2. The van der Waals surface area contributed by atoms with Gasteiger partial charge in [-0.2, -0.15) is 4.98 Å². The average molecular weight is 444 g/mol. The van der Waals surface area contributed by atoms with Crippen molar-refractivity contribution in [1.29, 1.82) is 0 Å². The maximum Gasteiger partial charge on any atom is 0.311 e. The number of benzene rings is 1. The molecular weight excluding hydrogens is 418 g/mol. The molecule has 0 radical (unpaired) electrons. The third-order valence-electron chi connectivity index (χ3n) is 4.64. The van der Waals surface area contributed by atoms with Crippen molar-refractivity contribution >= 4 is 35.1 Å². The number of rotatable bonds is 8. The van der Waals surface area contributed by atoms with E-state index in [1.54, 1.807) is 28.8 Å². The molecule has 1 N–H and O–H groups in total. The SMILES string of the molecule is CCOc1ccc(NC(=O)C(C)OC(=O)Cc2c(C)nc3nc(SC)nn3c2C)cc1. The van der Waals surface area contributed by atoms with Crippen LogP contribution in [0.3, 0.4) is 0 Å². The second-order valence-corrected chi connectivity index (χ2v) is 7.60. The molecule has 0 aliphatic rings. The molecule has 2 heterocycles. The Morgan fingerprint density at radius 3 is 2.55 bits per heavy atom. The van der Waals surface area contributed by atoms with Crippen LogP contribution in [0, 0.1) is 13.8 Å². The maximum atomic E-state index is 12.5. The zero-order valence-corrected chi connectivity index (χ0v) is 18.9. The van der Waals surface area contributed by atoms with Crippen LogP contribution in [0.2, 0.25) is 0 Å². The zero-order valence-electron chi connectivity index (χ0n) is 18.1. The predicted molar refractivity (Wildman–Crippen MR) is 118 cm³/mol. The molecule has 31 heavy (non-hydrogen) atoms. The number of hydrogen-bond acceptors (Lipinski definition) is 8. The van der Waals surface area contributed by atoms with E-state index in [1.807, 2.05) is 27.0 Å². The van der Waals surface area contributed by atoms with Gasteiger partial charge in [0, 0.05) is 22.6 Å². The Balaban J connectivity index is 1.64. The van der Waals surface area contributed by atoms with Crippen molar-refractivity contribution in [2.75, 3.05) is 18.2 Å². The van der Waals surface area contributed by atoms with Crippen LogP contribution in [0.1, 0.15) is 30.8 Å². The second-order valence-electron chi connectivity index (χ2n) is 6.83. The van der Waals surface area contributed by atoms with Gasteiger partial charge in [0.2, 0.25) is 5.16 Å². The summed E-state index contributed by atoms with van der Waals surface area (Å²) < 4.78 is 12.3. The molecule has 3 aromatic rings. The molecule has 1 atom stereocenters. The van der Waals surface area contributed by atoms with E-state index in [-0.39, 0.29) is 6.42 Å². The van der Waals surface area contributed by atoms with Crippen molar-refractivity contribution in [3.05, 3.63) is 41.2 Å². The molecule has 0 aliphatic heterocycles. The van der Waals surface area contributed by atoms with Crippen LogP contribution < -0.4 is 10.1 Å². The first-order valence-electron chi connectivity index (χ1n) is 9.82. The van der Waals surface area contributed by atoms with Crippen LogP contribution in [0.25, 0.3) is 5.78 Å². The molecular formula is C21H25N5O4S. The van der Waals surface area contributed by atoms with Gasteiger partial charge in [0.25, 0.3) is 11.7 Å². The first-order chi connectivity index (χ1) is 14.8. The van der Waals surface area contributed by atoms with Crippen molar-refractivity contribution in [3.63, 3.8) is 0 Å². The molecule has 3 rings (SSSR count). The van der Waals surface area contributed by atoms with Crippen molar-refractivity contribution in [1.82, 2.24) is 19.6 Å². The number of carbonyl (C=O) groups is 2. The average Bonchev–Trinajstić information content (AvgIpc) is 3.16. The molecule has 1 amide bonds. The van der Waals surface area contributed by atoms with Crippen LogP contribution in [0.4, 0.5) is 5.69 Å². The largest absolute Gasteiger partial charge is 0.494 e. The molecule has 0 fully saturated rings. The second kappa shape index (κ2) is 9.78. The Hall–Kier alpha value is -3.14. The lowest BCUT2D eigenvalue weighted by Crippen LogP contribution is -2.30. The molecule has 0 spiro atoms. The number of aromatic nitrogens is 4. The number of nitrogens with one attached hydrogen (secondary N) is 1. The molecule has 0 saturated heterocycles. The number of anilines is 1. The van der Waals surface area contributed by atoms with Crippen molar-refractivity contribution in [2.45, 2.75) is 45.4 Å². The van der Waals surface area contributed by atoms with Crippen LogP contribution in [0.5, 0.6) is 5.75 Å². The van der Waals surface area contributed by atoms with E-state index in [9.17, 15) is 9.59 Å². The van der Waals surface area contributed by atoms with E-state index in [2.05, 4.69) is 20.4 Å². The monoisotopic (exact) mass is 443 g/mol. The van der Waals surface area contributed by atoms with Gasteiger partial charge in [-0.25, -0.2) is 9.50 Å². The third-order valence-corrected chi connectivity index (χ3v) is 5.18. The zero-order chi connectivity index (χ0) is 22.5. The molecule has 9 nitrogen and oxygen atoms in total. The minimum Gasteiger partial charge on any atom is -0.494 e. The molecule has 0 saturated carbocycles. The summed E-state index contributed by atoms with van der Waals surface area (Å²) in [6.45, 7) is 7.66. The van der Waals surface area contributed by atoms with Gasteiger partial charge in [-0.1, -0.05) is 11.8 Å². The van der Waals surface area contributed by atoms with Crippen LogP contribution in [-0.4, -0.2) is 50.4 Å². The molecule has 2 aromatic heterocycles. The van der Waals surface area contributed by atoms with Crippen LogP contribution >= 0.6 is 11.8 Å². The van der Waals surface area contributed by atoms with Crippen molar-refractivity contribution < 1.29 is 19.1 Å². The van der Waals surface area contributed by atoms with Gasteiger partial charge in [-0.05, 0) is 58.2 Å². The highest BCUT2D eigenvalue weighted by Crippen LogP contribution is 2.18. The van der Waals surface area contributed by atoms with Gasteiger partial charge in [0.15, 0.2) is 6.10 Å². The highest BCUT2D eigenvalue weighted by Gasteiger charge is 2.21. The van der Waals surface area contributed by atoms with Gasteiger partial charge in [-0.15, -0.1) is 5.10 Å². The predicted octanol–water partition coefficient (Wildman–Crippen LogP) is 2.97. The summed E-state index contributed by atoms with van der Waals surface area (Å²) in [4.78, 5) is 33.7. The summed E-state index contributed by atoms with van der Waals surface area (Å²) in [5, 5.41) is 7.71.